The largest absolute Gasteiger partial charge is 0.465 e. The lowest BCUT2D eigenvalue weighted by atomic mass is 9.97. The zero-order valence-corrected chi connectivity index (χ0v) is 15.9. The van der Waals surface area contributed by atoms with Crippen molar-refractivity contribution in [3.8, 4) is 5.75 Å². The third-order valence-corrected chi connectivity index (χ3v) is 6.01. The molecule has 5 rings (SSSR count). The molecule has 2 atom stereocenters. The fraction of sp³-hybridized carbons (Fsp3) is 0.174. The van der Waals surface area contributed by atoms with Gasteiger partial charge in [-0.2, -0.15) is 5.10 Å². The summed E-state index contributed by atoms with van der Waals surface area (Å²) < 4.78 is 6.40. The maximum atomic E-state index is 6.40. The molecule has 0 spiro atoms. The molecule has 0 saturated heterocycles. The first-order valence-electron chi connectivity index (χ1n) is 9.18. The minimum Gasteiger partial charge on any atom is -0.465 e. The summed E-state index contributed by atoms with van der Waals surface area (Å²) in [6, 6.07) is 23.2. The van der Waals surface area contributed by atoms with Crippen LogP contribution in [0.25, 0.3) is 6.08 Å². The number of rotatable bonds is 3. The van der Waals surface area contributed by atoms with Crippen LogP contribution in [0.15, 0.2) is 82.8 Å². The van der Waals surface area contributed by atoms with Crippen molar-refractivity contribution < 1.29 is 4.74 Å². The van der Waals surface area contributed by atoms with E-state index < -0.39 is 0 Å². The molecule has 3 heterocycles. The lowest BCUT2D eigenvalue weighted by Crippen LogP contribution is -2.41. The number of fused-ring (bicyclic) bond motifs is 3. The molecule has 2 aromatic carbocycles. The van der Waals surface area contributed by atoms with E-state index in [1.54, 1.807) is 11.3 Å². The molecule has 0 unspecified atom stereocenters. The number of hydrogen-bond donors (Lipinski definition) is 0. The molecule has 0 amide bonds. The summed E-state index contributed by atoms with van der Waals surface area (Å²) in [5, 5.41) is 9.24. The molecule has 2 aliphatic heterocycles. The summed E-state index contributed by atoms with van der Waals surface area (Å²) in [4.78, 5) is 1.24. The van der Waals surface area contributed by atoms with Crippen LogP contribution < -0.4 is 4.74 Å². The fourth-order valence-corrected chi connectivity index (χ4v) is 4.53. The maximum Gasteiger partial charge on any atom is 0.209 e. The van der Waals surface area contributed by atoms with Crippen molar-refractivity contribution in [2.75, 3.05) is 0 Å². The third-order valence-electron chi connectivity index (χ3n) is 5.09. The fourth-order valence-electron chi connectivity index (χ4n) is 3.81. The van der Waals surface area contributed by atoms with Crippen LogP contribution in [0.4, 0.5) is 0 Å². The van der Waals surface area contributed by atoms with Crippen LogP contribution in [0.3, 0.4) is 0 Å². The molecular weight excluding hydrogens is 352 g/mol. The standard InChI is InChI=1S/C23H20N2OS/c1-16(14-17-8-3-2-4-9-17)23-25-20(18-10-5-6-11-21(18)26-23)15-19(24-25)22-12-7-13-27-22/h2-14,20,23H,15H2,1H3/b16-14+/t20-,23+/m0/s1. The Hall–Kier alpha value is -2.85. The highest BCUT2D eigenvalue weighted by Crippen LogP contribution is 2.44. The molecular formula is C23H20N2OS. The summed E-state index contributed by atoms with van der Waals surface area (Å²) in [5.74, 6) is 0.965. The van der Waals surface area contributed by atoms with Gasteiger partial charge < -0.3 is 4.74 Å². The van der Waals surface area contributed by atoms with Crippen molar-refractivity contribution in [2.45, 2.75) is 25.6 Å². The Morgan fingerprint density at radius 1 is 1.07 bits per heavy atom. The van der Waals surface area contributed by atoms with Gasteiger partial charge >= 0.3 is 0 Å². The quantitative estimate of drug-likeness (QED) is 0.587. The van der Waals surface area contributed by atoms with Crippen molar-refractivity contribution in [1.82, 2.24) is 5.01 Å². The molecule has 3 nitrogen and oxygen atoms in total. The van der Waals surface area contributed by atoms with Gasteiger partial charge in [0, 0.05) is 12.0 Å². The van der Waals surface area contributed by atoms with E-state index in [-0.39, 0.29) is 12.3 Å². The van der Waals surface area contributed by atoms with Gasteiger partial charge in [0.05, 0.1) is 16.6 Å². The Kier molecular flexibility index (Phi) is 4.06. The molecule has 0 bridgehead atoms. The third kappa shape index (κ3) is 2.96. The van der Waals surface area contributed by atoms with Gasteiger partial charge in [-0.3, -0.25) is 0 Å². The highest BCUT2D eigenvalue weighted by molar-refractivity contribution is 7.12. The lowest BCUT2D eigenvalue weighted by Gasteiger charge is -2.38. The van der Waals surface area contributed by atoms with Crippen LogP contribution in [0.5, 0.6) is 5.75 Å². The molecule has 0 saturated carbocycles. The summed E-state index contributed by atoms with van der Waals surface area (Å²) in [6.45, 7) is 2.13. The van der Waals surface area contributed by atoms with E-state index >= 15 is 0 Å². The predicted molar refractivity (Wildman–Crippen MR) is 111 cm³/mol. The Morgan fingerprint density at radius 2 is 1.89 bits per heavy atom. The number of nitrogens with zero attached hydrogens (tertiary/aromatic N) is 2. The Balaban J connectivity index is 1.56. The number of benzene rings is 2. The average molecular weight is 372 g/mol. The van der Waals surface area contributed by atoms with Crippen molar-refractivity contribution in [1.29, 1.82) is 0 Å². The van der Waals surface area contributed by atoms with Gasteiger partial charge in [0.1, 0.15) is 5.75 Å². The second-order valence-corrected chi connectivity index (χ2v) is 7.88. The second-order valence-electron chi connectivity index (χ2n) is 6.93. The van der Waals surface area contributed by atoms with E-state index in [9.17, 15) is 0 Å². The number of ether oxygens (including phenoxy) is 1. The smallest absolute Gasteiger partial charge is 0.209 e. The number of hydrazone groups is 1. The minimum atomic E-state index is -0.192. The van der Waals surface area contributed by atoms with Crippen LogP contribution in [0.2, 0.25) is 0 Å². The molecule has 0 aliphatic carbocycles. The Bertz CT molecular complexity index is 1010. The number of thiophene rings is 1. The number of para-hydroxylation sites is 1. The molecule has 4 heteroatoms. The van der Waals surface area contributed by atoms with E-state index in [4.69, 9.17) is 9.84 Å². The molecule has 27 heavy (non-hydrogen) atoms. The van der Waals surface area contributed by atoms with Gasteiger partial charge in [-0.15, -0.1) is 11.3 Å². The maximum absolute atomic E-state index is 6.40. The first-order chi connectivity index (χ1) is 13.3. The van der Waals surface area contributed by atoms with Crippen molar-refractivity contribution >= 4 is 23.1 Å². The van der Waals surface area contributed by atoms with E-state index in [2.05, 4.69) is 78.0 Å². The van der Waals surface area contributed by atoms with Crippen molar-refractivity contribution in [3.05, 3.63) is 93.7 Å². The summed E-state index contributed by atoms with van der Waals surface area (Å²) in [7, 11) is 0. The zero-order valence-electron chi connectivity index (χ0n) is 15.1. The normalized spacial score (nSPS) is 21.3. The van der Waals surface area contributed by atoms with Crippen LogP contribution in [-0.2, 0) is 0 Å². The van der Waals surface area contributed by atoms with Crippen LogP contribution in [-0.4, -0.2) is 16.9 Å². The van der Waals surface area contributed by atoms with Gasteiger partial charge in [0.15, 0.2) is 0 Å². The highest BCUT2D eigenvalue weighted by atomic mass is 32.1. The Labute approximate surface area is 163 Å². The Morgan fingerprint density at radius 3 is 2.70 bits per heavy atom. The summed E-state index contributed by atoms with van der Waals surface area (Å²) in [6.07, 6.45) is 2.91. The van der Waals surface area contributed by atoms with Crippen molar-refractivity contribution in [3.63, 3.8) is 0 Å². The first-order valence-corrected chi connectivity index (χ1v) is 10.1. The van der Waals surface area contributed by atoms with Gasteiger partial charge in [-0.1, -0.05) is 60.7 Å². The van der Waals surface area contributed by atoms with E-state index in [0.29, 0.717) is 0 Å². The SMILES string of the molecule is C/C(=C\c1ccccc1)[C@H]1Oc2ccccc2[C@@H]2CC(c3cccs3)=NN12. The number of hydrogen-bond acceptors (Lipinski definition) is 4. The summed E-state index contributed by atoms with van der Waals surface area (Å²) >= 11 is 1.75. The average Bonchev–Trinajstić information content (AvgIpc) is 3.38. The monoisotopic (exact) mass is 372 g/mol. The second kappa shape index (κ2) is 6.71. The molecule has 134 valence electrons. The van der Waals surface area contributed by atoms with Crippen LogP contribution in [0.1, 0.15) is 35.4 Å². The van der Waals surface area contributed by atoms with Crippen molar-refractivity contribution in [2.24, 2.45) is 5.10 Å². The molecule has 0 fully saturated rings. The topological polar surface area (TPSA) is 24.8 Å². The highest BCUT2D eigenvalue weighted by Gasteiger charge is 2.40. The summed E-state index contributed by atoms with van der Waals surface area (Å²) in [5.41, 5.74) is 4.69. The molecule has 2 aliphatic rings. The van der Waals surface area contributed by atoms with Gasteiger partial charge in [-0.05, 0) is 35.6 Å². The molecule has 0 N–H and O–H groups in total. The lowest BCUT2D eigenvalue weighted by molar-refractivity contribution is 0.00965. The zero-order chi connectivity index (χ0) is 18.2. The molecule has 3 aromatic rings. The minimum absolute atomic E-state index is 0.192. The predicted octanol–water partition coefficient (Wildman–Crippen LogP) is 5.72. The van der Waals surface area contributed by atoms with Crippen LogP contribution >= 0.6 is 11.3 Å². The van der Waals surface area contributed by atoms with Crippen LogP contribution in [0, 0.1) is 0 Å². The van der Waals surface area contributed by atoms with Gasteiger partial charge in [0.25, 0.3) is 0 Å². The molecule has 0 radical (unpaired) electrons. The molecule has 1 aromatic heterocycles. The van der Waals surface area contributed by atoms with Gasteiger partial charge in [-0.25, -0.2) is 5.01 Å². The van der Waals surface area contributed by atoms with E-state index in [0.717, 1.165) is 23.5 Å². The first kappa shape index (κ1) is 16.3. The van der Waals surface area contributed by atoms with E-state index in [1.165, 1.54) is 16.0 Å². The van der Waals surface area contributed by atoms with Gasteiger partial charge in [0.2, 0.25) is 6.23 Å². The van der Waals surface area contributed by atoms with E-state index in [1.807, 2.05) is 12.1 Å².